The Hall–Kier alpha value is -1.52. The molecule has 0 N–H and O–H groups in total. The molecule has 0 radical (unpaired) electrons. The van der Waals surface area contributed by atoms with E-state index in [9.17, 15) is 0 Å². The van der Waals surface area contributed by atoms with Crippen molar-refractivity contribution < 1.29 is 0 Å². The average molecular weight is 198 g/mol. The highest BCUT2D eigenvalue weighted by Gasteiger charge is 1.90. The molecule has 0 nitrogen and oxygen atoms in total. The van der Waals surface area contributed by atoms with E-state index in [1.807, 2.05) is 23.6 Å². The van der Waals surface area contributed by atoms with Gasteiger partial charge in [0.25, 0.3) is 0 Å². The summed E-state index contributed by atoms with van der Waals surface area (Å²) in [5, 5.41) is 4.10. The van der Waals surface area contributed by atoms with Crippen molar-refractivity contribution in [2.45, 2.75) is 6.92 Å². The molecule has 1 heterocycles. The predicted octanol–water partition coefficient (Wildman–Crippen LogP) is 3.46. The molecular weight excluding hydrogens is 188 g/mol. The fourth-order valence-corrected chi connectivity index (χ4v) is 1.78. The Morgan fingerprint density at radius 1 is 1.07 bits per heavy atom. The fourth-order valence-electron chi connectivity index (χ4n) is 1.19. The van der Waals surface area contributed by atoms with Crippen molar-refractivity contribution in [3.63, 3.8) is 0 Å². The molecule has 0 aliphatic heterocycles. The Bertz CT molecular complexity index is 469. The van der Waals surface area contributed by atoms with Crippen molar-refractivity contribution >= 4 is 11.3 Å². The molecule has 1 aromatic heterocycles. The second-order valence-corrected chi connectivity index (χ2v) is 3.86. The Balaban J connectivity index is 2.31. The first-order valence-electron chi connectivity index (χ1n) is 4.46. The molecule has 2 rings (SSSR count). The summed E-state index contributed by atoms with van der Waals surface area (Å²) >= 11 is 1.68. The van der Waals surface area contributed by atoms with Gasteiger partial charge >= 0.3 is 0 Å². The lowest BCUT2D eigenvalue weighted by atomic mass is 10.1. The molecule has 14 heavy (non-hydrogen) atoms. The quantitative estimate of drug-likeness (QED) is 0.569. The van der Waals surface area contributed by atoms with E-state index in [0.717, 1.165) is 11.1 Å². The largest absolute Gasteiger partial charge is 0.151 e. The van der Waals surface area contributed by atoms with Crippen molar-refractivity contribution in [2.24, 2.45) is 0 Å². The number of aryl methyl sites for hydroxylation is 1. The molecular formula is C13H10S. The van der Waals surface area contributed by atoms with Crippen LogP contribution in [0.4, 0.5) is 0 Å². The first-order valence-corrected chi connectivity index (χ1v) is 5.40. The number of hydrogen-bond donors (Lipinski definition) is 0. The van der Waals surface area contributed by atoms with Crippen LogP contribution < -0.4 is 0 Å². The fraction of sp³-hybridized carbons (Fsp3) is 0.0769. The van der Waals surface area contributed by atoms with E-state index in [-0.39, 0.29) is 0 Å². The van der Waals surface area contributed by atoms with Crippen LogP contribution in [0.5, 0.6) is 0 Å². The van der Waals surface area contributed by atoms with Crippen LogP contribution >= 0.6 is 11.3 Å². The van der Waals surface area contributed by atoms with Crippen LogP contribution in [0.1, 0.15) is 16.7 Å². The molecule has 0 fully saturated rings. The van der Waals surface area contributed by atoms with Crippen LogP contribution in [0.2, 0.25) is 0 Å². The zero-order chi connectivity index (χ0) is 9.80. The van der Waals surface area contributed by atoms with Gasteiger partial charge in [-0.25, -0.2) is 0 Å². The van der Waals surface area contributed by atoms with Crippen molar-refractivity contribution in [1.82, 2.24) is 0 Å². The maximum atomic E-state index is 3.17. The Morgan fingerprint density at radius 3 is 2.64 bits per heavy atom. The zero-order valence-corrected chi connectivity index (χ0v) is 8.77. The maximum absolute atomic E-state index is 3.17. The Kier molecular flexibility index (Phi) is 2.67. The van der Waals surface area contributed by atoms with E-state index >= 15 is 0 Å². The lowest BCUT2D eigenvalue weighted by Crippen LogP contribution is -1.79. The summed E-state index contributed by atoms with van der Waals surface area (Å²) in [6.45, 7) is 2.08. The highest BCUT2D eigenvalue weighted by Crippen LogP contribution is 2.07. The average Bonchev–Trinajstić information content (AvgIpc) is 2.69. The van der Waals surface area contributed by atoms with Crippen LogP contribution in [0.25, 0.3) is 0 Å². The third-order valence-electron chi connectivity index (χ3n) is 2.01. The molecule has 0 saturated heterocycles. The molecule has 0 aliphatic rings. The number of thiophene rings is 1. The highest BCUT2D eigenvalue weighted by atomic mass is 32.1. The molecule has 0 amide bonds. The molecule has 0 unspecified atom stereocenters. The Labute approximate surface area is 88.2 Å². The number of rotatable bonds is 0. The van der Waals surface area contributed by atoms with Crippen molar-refractivity contribution in [1.29, 1.82) is 0 Å². The summed E-state index contributed by atoms with van der Waals surface area (Å²) in [6, 6.07) is 10.2. The molecule has 0 spiro atoms. The normalized spacial score (nSPS) is 9.21. The lowest BCUT2D eigenvalue weighted by Gasteiger charge is -1.94. The summed E-state index contributed by atoms with van der Waals surface area (Å²) in [7, 11) is 0. The third kappa shape index (κ3) is 2.04. The van der Waals surface area contributed by atoms with Crippen molar-refractivity contribution in [2.75, 3.05) is 0 Å². The van der Waals surface area contributed by atoms with Gasteiger partial charge < -0.3 is 0 Å². The third-order valence-corrected chi connectivity index (χ3v) is 2.69. The Morgan fingerprint density at radius 2 is 1.93 bits per heavy atom. The van der Waals surface area contributed by atoms with Gasteiger partial charge in [0.1, 0.15) is 0 Å². The molecule has 1 heteroatoms. The lowest BCUT2D eigenvalue weighted by molar-refractivity contribution is 1.44. The second-order valence-electron chi connectivity index (χ2n) is 3.08. The van der Waals surface area contributed by atoms with Crippen LogP contribution in [0.15, 0.2) is 41.1 Å². The first kappa shape index (κ1) is 9.05. The van der Waals surface area contributed by atoms with Gasteiger partial charge in [-0.3, -0.25) is 0 Å². The predicted molar refractivity (Wildman–Crippen MR) is 61.5 cm³/mol. The van der Waals surface area contributed by atoms with Gasteiger partial charge in [-0.1, -0.05) is 30.0 Å². The van der Waals surface area contributed by atoms with Crippen molar-refractivity contribution in [3.05, 3.63) is 57.8 Å². The topological polar surface area (TPSA) is 0 Å². The second kappa shape index (κ2) is 4.13. The van der Waals surface area contributed by atoms with E-state index in [2.05, 4.69) is 36.3 Å². The molecule has 0 aliphatic carbocycles. The van der Waals surface area contributed by atoms with E-state index in [0.29, 0.717) is 0 Å². The van der Waals surface area contributed by atoms with E-state index < -0.39 is 0 Å². The minimum Gasteiger partial charge on any atom is -0.151 e. The summed E-state index contributed by atoms with van der Waals surface area (Å²) in [4.78, 5) is 0. The smallest absolute Gasteiger partial charge is 0.0356 e. The monoisotopic (exact) mass is 198 g/mol. The van der Waals surface area contributed by atoms with Gasteiger partial charge in [-0.2, -0.15) is 11.3 Å². The van der Waals surface area contributed by atoms with Gasteiger partial charge in [0.15, 0.2) is 0 Å². The van der Waals surface area contributed by atoms with Gasteiger partial charge in [0.05, 0.1) is 0 Å². The first-order chi connectivity index (χ1) is 6.86. The van der Waals surface area contributed by atoms with Crippen molar-refractivity contribution in [3.8, 4) is 11.8 Å². The van der Waals surface area contributed by atoms with E-state index in [1.165, 1.54) is 5.56 Å². The maximum Gasteiger partial charge on any atom is 0.0356 e. The summed E-state index contributed by atoms with van der Waals surface area (Å²) in [5.41, 5.74) is 3.44. The molecule has 0 saturated carbocycles. The number of benzene rings is 1. The molecule has 1 aromatic carbocycles. The van der Waals surface area contributed by atoms with Gasteiger partial charge in [-0.05, 0) is 30.0 Å². The van der Waals surface area contributed by atoms with Crippen LogP contribution in [-0.2, 0) is 0 Å². The summed E-state index contributed by atoms with van der Waals surface area (Å²) < 4.78 is 0. The SMILES string of the molecule is Cc1ccccc1C#Cc1ccsc1. The van der Waals surface area contributed by atoms with Crippen LogP contribution in [0.3, 0.4) is 0 Å². The molecule has 0 bridgehead atoms. The zero-order valence-electron chi connectivity index (χ0n) is 7.95. The summed E-state index contributed by atoms with van der Waals surface area (Å²) in [5.74, 6) is 6.31. The molecule has 68 valence electrons. The molecule has 0 atom stereocenters. The van der Waals surface area contributed by atoms with Crippen LogP contribution in [0, 0.1) is 18.8 Å². The standard InChI is InChI=1S/C13H10S/c1-11-4-2-3-5-13(11)7-6-12-8-9-14-10-12/h2-5,8-10H,1H3. The van der Waals surface area contributed by atoms with Gasteiger partial charge in [0.2, 0.25) is 0 Å². The minimum atomic E-state index is 1.10. The van der Waals surface area contributed by atoms with Gasteiger partial charge in [-0.15, -0.1) is 0 Å². The summed E-state index contributed by atoms with van der Waals surface area (Å²) in [6.07, 6.45) is 0. The highest BCUT2D eigenvalue weighted by molar-refractivity contribution is 7.08. The molecule has 2 aromatic rings. The van der Waals surface area contributed by atoms with E-state index in [1.54, 1.807) is 11.3 Å². The van der Waals surface area contributed by atoms with E-state index in [4.69, 9.17) is 0 Å². The number of hydrogen-bond acceptors (Lipinski definition) is 1. The minimum absolute atomic E-state index is 1.10. The van der Waals surface area contributed by atoms with Crippen LogP contribution in [-0.4, -0.2) is 0 Å². The van der Waals surface area contributed by atoms with Gasteiger partial charge in [0, 0.05) is 16.5 Å².